The highest BCUT2D eigenvalue weighted by atomic mass is 16.6. The zero-order chi connectivity index (χ0) is 38.1. The predicted octanol–water partition coefficient (Wildman–Crippen LogP) is 6.97. The van der Waals surface area contributed by atoms with Crippen molar-refractivity contribution < 1.29 is 38.9 Å². The minimum atomic E-state index is -1.04. The van der Waals surface area contributed by atoms with Crippen molar-refractivity contribution in [1.29, 1.82) is 0 Å². The zero-order valence-corrected chi connectivity index (χ0v) is 26.7. The molecule has 0 saturated carbocycles. The maximum absolute atomic E-state index is 14.1. The number of rotatable bonds is 6. The van der Waals surface area contributed by atoms with Gasteiger partial charge in [-0.25, -0.2) is 9.80 Å². The molecule has 4 amide bonds. The van der Waals surface area contributed by atoms with E-state index in [9.17, 15) is 59.6 Å². The Kier molecular flexibility index (Phi) is 6.23. The third kappa shape index (κ3) is 3.86. The van der Waals surface area contributed by atoms with E-state index in [0.29, 0.717) is 42.1 Å². The Balaban J connectivity index is 1.29. The van der Waals surface area contributed by atoms with Crippen molar-refractivity contribution in [2.75, 3.05) is 9.80 Å². The van der Waals surface area contributed by atoms with Gasteiger partial charge in [-0.1, -0.05) is 24.3 Å². The Morgan fingerprint density at radius 1 is 0.352 bits per heavy atom. The number of imide groups is 2. The van der Waals surface area contributed by atoms with Crippen LogP contribution >= 0.6 is 0 Å². The van der Waals surface area contributed by atoms with Crippen molar-refractivity contribution in [1.82, 2.24) is 0 Å². The lowest BCUT2D eigenvalue weighted by Crippen LogP contribution is -2.41. The van der Waals surface area contributed by atoms with Gasteiger partial charge < -0.3 is 0 Å². The summed E-state index contributed by atoms with van der Waals surface area (Å²) in [6, 6.07) is 17.6. The second kappa shape index (κ2) is 10.6. The number of carbonyl (C=O) groups is 4. The van der Waals surface area contributed by atoms with E-state index in [-0.39, 0.29) is 33.0 Å². The van der Waals surface area contributed by atoms with Gasteiger partial charge in [-0.3, -0.25) is 59.6 Å². The smallest absolute Gasteiger partial charge is 0.268 e. The molecular weight excluding hydrogens is 708 g/mol. The number of anilines is 2. The highest BCUT2D eigenvalue weighted by Gasteiger charge is 2.44. The highest BCUT2D eigenvalue weighted by Crippen LogP contribution is 2.49. The molecule has 0 aliphatic carbocycles. The van der Waals surface area contributed by atoms with Crippen molar-refractivity contribution in [3.05, 3.63) is 148 Å². The van der Waals surface area contributed by atoms with Gasteiger partial charge in [-0.2, -0.15) is 0 Å². The normalized spacial score (nSPS) is 13.9. The summed E-state index contributed by atoms with van der Waals surface area (Å²) in [5.41, 5.74) is -5.17. The lowest BCUT2D eigenvalue weighted by Gasteiger charge is -2.29. The van der Waals surface area contributed by atoms with E-state index in [2.05, 4.69) is 0 Å². The Morgan fingerprint density at radius 3 is 0.815 bits per heavy atom. The molecular formula is C36H14N6O12. The SMILES string of the molecule is O=C1c2ccc3c4ccc5c6c(ccc(c7ccc(c2c37)C(=O)N1c1c([N+](=O)[O-])cccc1[N+](=O)[O-])c64)C(=O)N(c1c([N+](=O)[O-])cccc1[N+](=O)[O-])C5=O. The molecule has 0 radical (unpaired) electrons. The Morgan fingerprint density at radius 2 is 0.593 bits per heavy atom. The van der Waals surface area contributed by atoms with Crippen LogP contribution in [0.2, 0.25) is 0 Å². The summed E-state index contributed by atoms with van der Waals surface area (Å²) in [7, 11) is 0. The standard InChI is InChI=1S/C36H14N6O12/c43-33-19-11-7-15-17-9-13-21-30-22(36(46)38(35(21)45)32-25(41(51)52)5-2-6-26(32)42(53)54)14-10-18(28(17)30)16-8-12-20(29(19)27(15)16)34(44)37(33)31-23(39(47)48)3-1-4-24(31)40(49)50/h1-14H. The number of hydrogen-bond donors (Lipinski definition) is 0. The van der Waals surface area contributed by atoms with Crippen LogP contribution in [0.1, 0.15) is 41.4 Å². The highest BCUT2D eigenvalue weighted by molar-refractivity contribution is 6.45. The molecule has 9 rings (SSSR count). The van der Waals surface area contributed by atoms with E-state index in [1.54, 1.807) is 24.3 Å². The molecule has 0 spiro atoms. The molecule has 54 heavy (non-hydrogen) atoms. The average molecular weight is 723 g/mol. The first-order valence-electron chi connectivity index (χ1n) is 15.6. The molecule has 18 heteroatoms. The van der Waals surface area contributed by atoms with Crippen LogP contribution in [0.3, 0.4) is 0 Å². The molecule has 2 aliphatic rings. The minimum absolute atomic E-state index is 0.0706. The van der Waals surface area contributed by atoms with Gasteiger partial charge in [0.2, 0.25) is 11.4 Å². The molecule has 7 aromatic carbocycles. The van der Waals surface area contributed by atoms with Crippen molar-refractivity contribution in [2.45, 2.75) is 0 Å². The number of hydrogen-bond acceptors (Lipinski definition) is 12. The topological polar surface area (TPSA) is 247 Å². The molecule has 2 heterocycles. The number of benzene rings is 7. The maximum atomic E-state index is 14.1. The fourth-order valence-corrected chi connectivity index (χ4v) is 7.76. The Labute approximate surface area is 296 Å². The van der Waals surface area contributed by atoms with E-state index < -0.39 is 77.4 Å². The number of nitrogens with zero attached hydrogens (tertiary/aromatic N) is 6. The van der Waals surface area contributed by atoms with Gasteiger partial charge in [-0.05, 0) is 68.7 Å². The molecule has 0 saturated heterocycles. The maximum Gasteiger partial charge on any atom is 0.300 e. The second-order valence-electron chi connectivity index (χ2n) is 12.4. The molecule has 0 unspecified atom stereocenters. The van der Waals surface area contributed by atoms with Gasteiger partial charge in [0.05, 0.1) is 19.7 Å². The molecule has 0 fully saturated rings. The number of nitro groups is 4. The van der Waals surface area contributed by atoms with Crippen LogP contribution in [-0.2, 0) is 0 Å². The first-order valence-corrected chi connectivity index (χ1v) is 15.6. The van der Waals surface area contributed by atoms with E-state index in [0.717, 1.165) is 36.4 Å². The van der Waals surface area contributed by atoms with Gasteiger partial charge in [0.25, 0.3) is 23.6 Å². The molecule has 2 aliphatic heterocycles. The van der Waals surface area contributed by atoms with Crippen LogP contribution in [0, 0.1) is 40.5 Å². The van der Waals surface area contributed by atoms with Crippen LogP contribution in [0.25, 0.3) is 43.1 Å². The van der Waals surface area contributed by atoms with E-state index in [1.807, 2.05) is 0 Å². The van der Waals surface area contributed by atoms with Crippen molar-refractivity contribution in [3.63, 3.8) is 0 Å². The molecule has 0 bridgehead atoms. The number of amides is 4. The zero-order valence-electron chi connectivity index (χ0n) is 26.7. The van der Waals surface area contributed by atoms with Crippen LogP contribution in [0.5, 0.6) is 0 Å². The van der Waals surface area contributed by atoms with Crippen LogP contribution in [0.15, 0.2) is 84.9 Å². The minimum Gasteiger partial charge on any atom is -0.268 e. The predicted molar refractivity (Wildman–Crippen MR) is 189 cm³/mol. The summed E-state index contributed by atoms with van der Waals surface area (Å²) in [5.74, 6) is -4.15. The second-order valence-corrected chi connectivity index (χ2v) is 12.4. The van der Waals surface area contributed by atoms with Crippen LogP contribution in [-0.4, -0.2) is 43.3 Å². The van der Waals surface area contributed by atoms with Gasteiger partial charge in [0.1, 0.15) is 0 Å². The van der Waals surface area contributed by atoms with Crippen LogP contribution < -0.4 is 9.80 Å². The van der Waals surface area contributed by atoms with Crippen molar-refractivity contribution >= 4 is 101 Å². The summed E-state index contributed by atoms with van der Waals surface area (Å²) < 4.78 is 0. The monoisotopic (exact) mass is 722 g/mol. The third-order valence-corrected chi connectivity index (χ3v) is 9.86. The van der Waals surface area contributed by atoms with Crippen LogP contribution in [0.4, 0.5) is 34.1 Å². The summed E-state index contributed by atoms with van der Waals surface area (Å²) in [6.45, 7) is 0. The van der Waals surface area contributed by atoms with E-state index >= 15 is 0 Å². The Hall–Kier alpha value is -8.28. The first-order chi connectivity index (χ1) is 25.8. The summed E-state index contributed by atoms with van der Waals surface area (Å²) in [5, 5.41) is 50.9. The molecule has 7 aromatic rings. The number of para-hydroxylation sites is 2. The average Bonchev–Trinajstić information content (AvgIpc) is 3.15. The number of carbonyl (C=O) groups excluding carboxylic acids is 4. The molecule has 0 N–H and O–H groups in total. The van der Waals surface area contributed by atoms with Gasteiger partial charge in [-0.15, -0.1) is 0 Å². The van der Waals surface area contributed by atoms with Gasteiger partial charge in [0.15, 0.2) is 0 Å². The van der Waals surface area contributed by atoms with Gasteiger partial charge in [0, 0.05) is 57.3 Å². The third-order valence-electron chi connectivity index (χ3n) is 9.86. The first kappa shape index (κ1) is 31.7. The number of nitro benzene ring substituents is 4. The van der Waals surface area contributed by atoms with Gasteiger partial charge >= 0.3 is 22.7 Å². The summed E-state index contributed by atoms with van der Waals surface area (Å²) >= 11 is 0. The largest absolute Gasteiger partial charge is 0.300 e. The lowest BCUT2D eigenvalue weighted by atomic mass is 9.82. The fourth-order valence-electron chi connectivity index (χ4n) is 7.76. The molecule has 18 nitrogen and oxygen atoms in total. The summed E-state index contributed by atoms with van der Waals surface area (Å²) in [6.07, 6.45) is 0. The Bertz CT molecular complexity index is 2680. The molecule has 0 aromatic heterocycles. The quantitative estimate of drug-likeness (QED) is 0.0555. The van der Waals surface area contributed by atoms with Crippen molar-refractivity contribution in [2.24, 2.45) is 0 Å². The molecule has 260 valence electrons. The van der Waals surface area contributed by atoms with E-state index in [1.165, 1.54) is 24.3 Å². The van der Waals surface area contributed by atoms with E-state index in [4.69, 9.17) is 0 Å². The van der Waals surface area contributed by atoms with Crippen molar-refractivity contribution in [3.8, 4) is 0 Å². The molecule has 0 atom stereocenters. The lowest BCUT2D eigenvalue weighted by molar-refractivity contribution is -0.392. The fraction of sp³-hybridized carbons (Fsp3) is 0. The summed E-state index contributed by atoms with van der Waals surface area (Å²) in [4.78, 5) is 101. The number of fused-ring (bicyclic) bond motifs is 2.